The molecule has 0 bridgehead atoms. The number of pyridine rings is 4. The van der Waals surface area contributed by atoms with E-state index >= 15 is 0 Å². The van der Waals surface area contributed by atoms with Gasteiger partial charge in [0.2, 0.25) is 0 Å². The zero-order valence-electron chi connectivity index (χ0n) is 72.2. The molecule has 6 N–H and O–H groups in total. The summed E-state index contributed by atoms with van der Waals surface area (Å²) >= 11 is 0. The standard InChI is InChI=1S/C34H30N4O.C22H15NO.C16H10F3NO3S.C15H11NO.C12H15N3O.C7H7BO3.C2H4.CH4/c39-34-36-31-12-6-7-13-32(31)38(34)28-18-20-37(21-19-28)23-24-14-16-25(17-15-24)29-22-27-10-4-5-11-30(27)35-33(29)26-8-2-1-3-9-26;24-15-16-10-12-17(13-11-16)20-14-19-8-4-5-9-21(19)23-22(20)18-6-2-1-3-7-18;17-16(18,19)24(21,22)23-14-10-12-8-4-5-9-13(12)20-15(14)11-6-2-1-3-7-11;17-14-10-12-8-4-5-9-13(12)16-15(14)11-6-2-1-3-7-11;16-12-14-10-3-1-2-4-11(10)15(12)9-5-7-13-8-6-9;9-5-6-1-3-7(4-2-6)8(10)11;1-2;/h1-17,22,28H,18-21,23H2,(H,36,39);1-15H;1-10H;1-10,17H;1-4,9,13H,5-8H2,(H,14,16);1-5,10-11H;1-2H2;1H4. The normalized spacial score (nSPS) is 12.7. The van der Waals surface area contributed by atoms with Crippen molar-refractivity contribution in [2.75, 3.05) is 26.2 Å². The lowest BCUT2D eigenvalue weighted by atomic mass is 9.80. The zero-order chi connectivity index (χ0) is 92.8. The van der Waals surface area contributed by atoms with E-state index in [2.05, 4.69) is 145 Å². The van der Waals surface area contributed by atoms with Gasteiger partial charge in [0.1, 0.15) is 29.7 Å². The quantitative estimate of drug-likeness (QED) is 0.0183. The number of carbonyl (C=O) groups excluding carboxylic acids is 2. The van der Waals surface area contributed by atoms with Crippen molar-refractivity contribution < 1.29 is 50.5 Å². The molecule has 0 unspecified atom stereocenters. The number of hydrogen-bond donors (Lipinski definition) is 6. The lowest BCUT2D eigenvalue weighted by molar-refractivity contribution is -0.0500. The second kappa shape index (κ2) is 44.3. The molecule has 8 heterocycles. The van der Waals surface area contributed by atoms with Crippen LogP contribution in [0, 0.1) is 0 Å². The third-order valence-electron chi connectivity index (χ3n) is 22.8. The summed E-state index contributed by atoms with van der Waals surface area (Å²) < 4.78 is 68.9. The molecule has 13 aromatic carbocycles. The Kier molecular flexibility index (Phi) is 31.2. The fraction of sp³-hybridized carbons (Fsp3) is 0.119. The summed E-state index contributed by atoms with van der Waals surface area (Å²) in [5.41, 5.74) is 15.3. The Bertz CT molecular complexity index is 7450. The maximum absolute atomic E-state index is 12.6. The summed E-state index contributed by atoms with van der Waals surface area (Å²) in [6.07, 6.45) is 5.57. The Morgan fingerprint density at radius 1 is 0.418 bits per heavy atom. The minimum absolute atomic E-state index is 0. The molecular weight excluding hydrogens is 1710 g/mol. The summed E-state index contributed by atoms with van der Waals surface area (Å²) in [6.45, 7) is 10.9. The lowest BCUT2D eigenvalue weighted by Crippen LogP contribution is -2.36. The Labute approximate surface area is 773 Å². The first-order valence-corrected chi connectivity index (χ1v) is 44.6. The smallest absolute Gasteiger partial charge is 0.506 e. The molecule has 2 aliphatic rings. The van der Waals surface area contributed by atoms with Crippen LogP contribution in [-0.4, -0.2) is 119 Å². The van der Waals surface area contributed by atoms with E-state index in [0.29, 0.717) is 51.1 Å². The highest BCUT2D eigenvalue weighted by Gasteiger charge is 2.49. The van der Waals surface area contributed by atoms with Crippen molar-refractivity contribution in [2.45, 2.75) is 57.2 Å². The number of H-pyrrole nitrogens is 2. The Balaban J connectivity index is 0.000000134. The van der Waals surface area contributed by atoms with Crippen LogP contribution in [0.2, 0.25) is 0 Å². The Hall–Kier alpha value is -15.6. The molecule has 0 saturated carbocycles. The first-order chi connectivity index (χ1) is 64.8. The molecule has 21 rings (SSSR count). The van der Waals surface area contributed by atoms with E-state index in [1.807, 2.05) is 185 Å². The molecule has 6 aromatic heterocycles. The number of rotatable bonds is 15. The van der Waals surface area contributed by atoms with Crippen molar-refractivity contribution >= 4 is 101 Å². The van der Waals surface area contributed by atoms with Crippen LogP contribution in [-0.2, 0) is 16.7 Å². The average Bonchev–Trinajstić information content (AvgIpc) is 1.69. The van der Waals surface area contributed by atoms with Crippen LogP contribution < -0.4 is 26.3 Å². The maximum Gasteiger partial charge on any atom is 0.534 e. The summed E-state index contributed by atoms with van der Waals surface area (Å²) in [5.74, 6) is -0.257. The zero-order valence-corrected chi connectivity index (χ0v) is 73.0. The van der Waals surface area contributed by atoms with Crippen molar-refractivity contribution in [1.29, 1.82) is 0 Å². The molecule has 2 fully saturated rings. The van der Waals surface area contributed by atoms with Gasteiger partial charge in [-0.3, -0.25) is 23.6 Å². The molecule has 0 aliphatic carbocycles. The predicted octanol–water partition coefficient (Wildman–Crippen LogP) is 22.0. The number of para-hydroxylation sites is 8. The van der Waals surface area contributed by atoms with E-state index in [0.717, 1.165) is 164 Å². The van der Waals surface area contributed by atoms with Gasteiger partial charge in [-0.15, -0.1) is 13.2 Å². The largest absolute Gasteiger partial charge is 0.534 e. The van der Waals surface area contributed by atoms with Crippen LogP contribution in [0.15, 0.2) is 387 Å². The first kappa shape index (κ1) is 94.5. The van der Waals surface area contributed by atoms with Gasteiger partial charge in [0.25, 0.3) is 0 Å². The summed E-state index contributed by atoms with van der Waals surface area (Å²) in [5, 5.41) is 34.3. The van der Waals surface area contributed by atoms with Gasteiger partial charge in [0, 0.05) is 97.8 Å². The number of aldehydes is 2. The highest BCUT2D eigenvalue weighted by Crippen LogP contribution is 2.40. The fourth-order valence-electron chi connectivity index (χ4n) is 16.2. The van der Waals surface area contributed by atoms with E-state index in [9.17, 15) is 45.9 Å². The predicted molar refractivity (Wildman–Crippen MR) is 532 cm³/mol. The SMILES string of the molecule is C.C=C.O=Cc1ccc(-c2cc3ccccc3nc2-c2ccccc2)cc1.O=Cc1ccc(B(O)O)cc1.O=S(=O)(Oc1cc2ccccc2nc1-c1ccccc1)C(F)(F)F.O=c1[nH]c2ccccc2n1C1CCN(Cc2ccc(-c3cc4ccccc4nc3-c3ccccc3)cc2)CC1.O=c1[nH]c2ccccc2n1C1CCNCC1.Oc1cc2ccccc2nc1-c1ccccc1. The number of fused-ring (bicyclic) bond motifs is 6. The van der Waals surface area contributed by atoms with E-state index in [1.54, 1.807) is 60.7 Å². The molecule has 0 spiro atoms. The van der Waals surface area contributed by atoms with Crippen LogP contribution in [0.1, 0.15) is 71.5 Å². The van der Waals surface area contributed by atoms with Gasteiger partial charge in [-0.25, -0.2) is 29.5 Å². The minimum Gasteiger partial charge on any atom is -0.506 e. The Morgan fingerprint density at radius 2 is 0.761 bits per heavy atom. The van der Waals surface area contributed by atoms with Gasteiger partial charge in [-0.2, -0.15) is 21.6 Å². The van der Waals surface area contributed by atoms with Gasteiger partial charge in [0.05, 0.1) is 55.5 Å². The number of benzene rings is 13. The first-order valence-electron chi connectivity index (χ1n) is 43.2. The molecule has 2 saturated heterocycles. The number of hydrogen-bond acceptors (Lipinski definition) is 16. The molecule has 2 aliphatic heterocycles. The number of nitrogens with one attached hydrogen (secondary N) is 3. The van der Waals surface area contributed by atoms with Crippen LogP contribution >= 0.6 is 0 Å². The molecule has 134 heavy (non-hydrogen) atoms. The molecule has 672 valence electrons. The van der Waals surface area contributed by atoms with E-state index in [-0.39, 0.29) is 36.3 Å². The number of aromatic nitrogens is 8. The molecule has 20 nitrogen and oxygen atoms in total. The van der Waals surface area contributed by atoms with Gasteiger partial charge in [0.15, 0.2) is 5.75 Å². The van der Waals surface area contributed by atoms with Crippen LogP contribution in [0.4, 0.5) is 13.2 Å². The maximum atomic E-state index is 12.6. The lowest BCUT2D eigenvalue weighted by Gasteiger charge is -2.32. The number of aromatic amines is 2. The molecule has 0 atom stereocenters. The summed E-state index contributed by atoms with van der Waals surface area (Å²) in [4.78, 5) is 72.7. The fourth-order valence-corrected chi connectivity index (χ4v) is 16.6. The van der Waals surface area contributed by atoms with Crippen LogP contribution in [0.25, 0.3) is 133 Å². The number of imidazole rings is 2. The van der Waals surface area contributed by atoms with Gasteiger partial charge >= 0.3 is 34.1 Å². The van der Waals surface area contributed by atoms with Gasteiger partial charge in [-0.05, 0) is 134 Å². The summed E-state index contributed by atoms with van der Waals surface area (Å²) in [6, 6.07) is 116. The highest BCUT2D eigenvalue weighted by molar-refractivity contribution is 7.88. The van der Waals surface area contributed by atoms with Crippen LogP contribution in [0.5, 0.6) is 11.5 Å². The molecule has 25 heteroatoms. The second-order valence-corrected chi connectivity index (χ2v) is 32.9. The van der Waals surface area contributed by atoms with Crippen molar-refractivity contribution in [3.05, 3.63) is 415 Å². The number of alkyl halides is 3. The second-order valence-electron chi connectivity index (χ2n) is 31.4. The van der Waals surface area contributed by atoms with E-state index in [4.69, 9.17) is 20.0 Å². The molecular formula is C109H96BF3N10O10S. The monoisotopic (exact) mass is 1800 g/mol. The molecule has 0 radical (unpaired) electrons. The number of halogens is 3. The molecule has 19 aromatic rings. The number of nitrogens with zero attached hydrogens (tertiary/aromatic N) is 7. The van der Waals surface area contributed by atoms with Crippen molar-refractivity contribution in [3.63, 3.8) is 0 Å². The summed E-state index contributed by atoms with van der Waals surface area (Å²) in [7, 11) is -7.25. The van der Waals surface area contributed by atoms with Gasteiger partial charge in [-0.1, -0.05) is 299 Å². The number of likely N-dealkylation sites (tertiary alicyclic amines) is 1. The topological polar surface area (TPSA) is 281 Å². The van der Waals surface area contributed by atoms with E-state index in [1.165, 1.54) is 41.5 Å². The number of carbonyl (C=O) groups is 2. The van der Waals surface area contributed by atoms with Crippen molar-refractivity contribution in [3.8, 4) is 78.8 Å². The molecule has 0 amide bonds. The Morgan fingerprint density at radius 3 is 1.18 bits per heavy atom. The van der Waals surface area contributed by atoms with Crippen LogP contribution in [0.3, 0.4) is 0 Å². The average molecular weight is 1810 g/mol. The van der Waals surface area contributed by atoms with Gasteiger partial charge < -0.3 is 34.6 Å². The number of piperidine rings is 2. The van der Waals surface area contributed by atoms with E-state index < -0.39 is 28.5 Å². The van der Waals surface area contributed by atoms with Crippen molar-refractivity contribution in [2.24, 2.45) is 0 Å². The third kappa shape index (κ3) is 22.8. The number of aromatic hydroxyl groups is 1. The highest BCUT2D eigenvalue weighted by atomic mass is 32.2. The van der Waals surface area contributed by atoms with Crippen molar-refractivity contribution in [1.82, 2.24) is 49.3 Å². The third-order valence-corrected chi connectivity index (χ3v) is 23.7. The minimum atomic E-state index is -5.79.